The summed E-state index contributed by atoms with van der Waals surface area (Å²) in [6.45, 7) is 0. The Morgan fingerprint density at radius 1 is 0.943 bits per heavy atom. The number of hydrogen-bond donors (Lipinski definition) is 1. The number of hydrogen-bond acceptors (Lipinski definition) is 7. The number of ether oxygens (including phenoxy) is 2. The molecule has 1 aliphatic rings. The van der Waals surface area contributed by atoms with Crippen molar-refractivity contribution in [1.82, 2.24) is 9.97 Å². The molecule has 0 radical (unpaired) electrons. The normalized spacial score (nSPS) is 14.1. The summed E-state index contributed by atoms with van der Waals surface area (Å²) in [6.07, 6.45) is 1.36. The SMILES string of the molecule is COc1ccc(Nc2ncnc3c2C(c2ccc(F)cc2)c2c(c(=O)oc4ccccc24)O3)cc1. The summed E-state index contributed by atoms with van der Waals surface area (Å²) >= 11 is 0. The molecule has 35 heavy (non-hydrogen) atoms. The van der Waals surface area contributed by atoms with Gasteiger partial charge < -0.3 is 19.2 Å². The molecule has 0 aliphatic carbocycles. The van der Waals surface area contributed by atoms with E-state index in [1.165, 1.54) is 18.5 Å². The molecular formula is C27H18FN3O4. The number of rotatable bonds is 4. The number of aromatic nitrogens is 2. The second-order valence-electron chi connectivity index (χ2n) is 8.01. The first kappa shape index (κ1) is 20.9. The van der Waals surface area contributed by atoms with Crippen molar-refractivity contribution in [3.05, 3.63) is 112 Å². The van der Waals surface area contributed by atoms with Gasteiger partial charge in [-0.25, -0.2) is 19.2 Å². The Balaban J connectivity index is 1.60. The van der Waals surface area contributed by atoms with Crippen LogP contribution in [0.4, 0.5) is 15.9 Å². The molecule has 0 spiro atoms. The molecule has 0 amide bonds. The van der Waals surface area contributed by atoms with E-state index in [-0.39, 0.29) is 17.4 Å². The van der Waals surface area contributed by atoms with Crippen molar-refractivity contribution >= 4 is 22.5 Å². The third-order valence-electron chi connectivity index (χ3n) is 5.99. The van der Waals surface area contributed by atoms with Gasteiger partial charge in [0.1, 0.15) is 29.3 Å². The number of para-hydroxylation sites is 1. The summed E-state index contributed by atoms with van der Waals surface area (Å²) in [5, 5.41) is 4.04. The number of halogens is 1. The lowest BCUT2D eigenvalue weighted by Gasteiger charge is -2.29. The van der Waals surface area contributed by atoms with E-state index in [0.717, 1.165) is 17.0 Å². The highest BCUT2D eigenvalue weighted by Crippen LogP contribution is 2.50. The Labute approximate surface area is 198 Å². The van der Waals surface area contributed by atoms with Gasteiger partial charge in [0.05, 0.1) is 12.7 Å². The van der Waals surface area contributed by atoms with Crippen molar-refractivity contribution in [2.75, 3.05) is 12.4 Å². The summed E-state index contributed by atoms with van der Waals surface area (Å²) in [4.78, 5) is 21.7. The monoisotopic (exact) mass is 467 g/mol. The first-order valence-corrected chi connectivity index (χ1v) is 10.9. The first-order chi connectivity index (χ1) is 17.1. The minimum absolute atomic E-state index is 0.0552. The molecule has 1 N–H and O–H groups in total. The van der Waals surface area contributed by atoms with E-state index in [0.29, 0.717) is 27.9 Å². The van der Waals surface area contributed by atoms with Crippen LogP contribution in [0.25, 0.3) is 11.0 Å². The smallest absolute Gasteiger partial charge is 0.380 e. The van der Waals surface area contributed by atoms with Gasteiger partial charge in [0.25, 0.3) is 0 Å². The Bertz CT molecular complexity index is 1620. The number of methoxy groups -OCH3 is 1. The maximum absolute atomic E-state index is 13.9. The Hall–Kier alpha value is -4.72. The lowest BCUT2D eigenvalue weighted by atomic mass is 9.82. The summed E-state index contributed by atoms with van der Waals surface area (Å²) in [7, 11) is 1.60. The molecule has 3 aromatic carbocycles. The Kier molecular flexibility index (Phi) is 4.92. The molecule has 172 valence electrons. The molecule has 1 unspecified atom stereocenters. The van der Waals surface area contributed by atoms with Gasteiger partial charge in [0, 0.05) is 22.6 Å². The van der Waals surface area contributed by atoms with Crippen LogP contribution in [0.3, 0.4) is 0 Å². The molecule has 1 atom stereocenters. The van der Waals surface area contributed by atoms with Crippen LogP contribution in [0.5, 0.6) is 17.4 Å². The maximum atomic E-state index is 13.9. The van der Waals surface area contributed by atoms with Crippen LogP contribution in [0.2, 0.25) is 0 Å². The highest BCUT2D eigenvalue weighted by molar-refractivity contribution is 5.86. The predicted octanol–water partition coefficient (Wildman–Crippen LogP) is 5.76. The average Bonchev–Trinajstić information content (AvgIpc) is 2.89. The van der Waals surface area contributed by atoms with Gasteiger partial charge in [-0.2, -0.15) is 0 Å². The molecule has 0 saturated heterocycles. The first-order valence-electron chi connectivity index (χ1n) is 10.9. The number of benzene rings is 3. The van der Waals surface area contributed by atoms with Crippen molar-refractivity contribution in [1.29, 1.82) is 0 Å². The molecule has 0 bridgehead atoms. The molecule has 6 rings (SSSR count). The third kappa shape index (κ3) is 3.56. The summed E-state index contributed by atoms with van der Waals surface area (Å²) in [5.41, 5.74) is 2.58. The zero-order valence-corrected chi connectivity index (χ0v) is 18.5. The van der Waals surface area contributed by atoms with Crippen molar-refractivity contribution in [2.24, 2.45) is 0 Å². The number of fused-ring (bicyclic) bond motifs is 4. The van der Waals surface area contributed by atoms with Crippen LogP contribution in [0.15, 0.2) is 88.3 Å². The molecule has 0 fully saturated rings. The average molecular weight is 467 g/mol. The van der Waals surface area contributed by atoms with E-state index in [9.17, 15) is 9.18 Å². The standard InChI is InChI=1S/C27H18FN3O4/c1-33-18-12-10-17(11-13-18)31-25-23-21(15-6-8-16(28)9-7-15)22-19-4-2-3-5-20(19)34-27(32)24(22)35-26(23)30-14-29-25/h2-14,21H,1H3,(H,29,30,31). The van der Waals surface area contributed by atoms with Crippen LogP contribution in [-0.4, -0.2) is 17.1 Å². The lowest BCUT2D eigenvalue weighted by molar-refractivity contribution is 0.399. The van der Waals surface area contributed by atoms with Gasteiger partial charge in [-0.15, -0.1) is 0 Å². The molecule has 7 nitrogen and oxygen atoms in total. The second kappa shape index (κ2) is 8.25. The molecular weight excluding hydrogens is 449 g/mol. The molecule has 8 heteroatoms. The van der Waals surface area contributed by atoms with Crippen molar-refractivity contribution in [3.63, 3.8) is 0 Å². The highest BCUT2D eigenvalue weighted by atomic mass is 19.1. The fourth-order valence-corrected chi connectivity index (χ4v) is 4.40. The Morgan fingerprint density at radius 2 is 1.71 bits per heavy atom. The highest BCUT2D eigenvalue weighted by Gasteiger charge is 2.37. The van der Waals surface area contributed by atoms with Crippen LogP contribution in [0, 0.1) is 5.82 Å². The predicted molar refractivity (Wildman–Crippen MR) is 128 cm³/mol. The fraction of sp³-hybridized carbons (Fsp3) is 0.0741. The van der Waals surface area contributed by atoms with Crippen LogP contribution in [0.1, 0.15) is 22.6 Å². The van der Waals surface area contributed by atoms with E-state index < -0.39 is 11.5 Å². The zero-order chi connectivity index (χ0) is 23.9. The number of nitrogens with zero attached hydrogens (tertiary/aromatic N) is 2. The topological polar surface area (TPSA) is 86.5 Å². The summed E-state index contributed by atoms with van der Waals surface area (Å²) < 4.78 is 30.6. The van der Waals surface area contributed by atoms with E-state index in [1.54, 1.807) is 31.4 Å². The van der Waals surface area contributed by atoms with Gasteiger partial charge in [0.2, 0.25) is 11.6 Å². The van der Waals surface area contributed by atoms with Crippen molar-refractivity contribution < 1.29 is 18.3 Å². The van der Waals surface area contributed by atoms with Gasteiger partial charge in [-0.05, 0) is 48.0 Å². The fourth-order valence-electron chi connectivity index (χ4n) is 4.40. The van der Waals surface area contributed by atoms with E-state index in [1.807, 2.05) is 36.4 Å². The molecule has 2 aromatic heterocycles. The van der Waals surface area contributed by atoms with Gasteiger partial charge >= 0.3 is 5.63 Å². The summed E-state index contributed by atoms with van der Waals surface area (Å²) in [5.74, 6) is 0.613. The van der Waals surface area contributed by atoms with E-state index in [2.05, 4.69) is 15.3 Å². The number of anilines is 2. The summed E-state index contributed by atoms with van der Waals surface area (Å²) in [6, 6.07) is 20.8. The largest absolute Gasteiger partial charge is 0.497 e. The minimum atomic E-state index is -0.611. The van der Waals surface area contributed by atoms with Crippen LogP contribution >= 0.6 is 0 Å². The van der Waals surface area contributed by atoms with Crippen LogP contribution < -0.4 is 20.4 Å². The molecule has 5 aromatic rings. The third-order valence-corrected chi connectivity index (χ3v) is 5.99. The van der Waals surface area contributed by atoms with Gasteiger partial charge in [0.15, 0.2) is 0 Å². The maximum Gasteiger partial charge on any atom is 0.380 e. The molecule has 3 heterocycles. The molecule has 0 saturated carbocycles. The van der Waals surface area contributed by atoms with Crippen LogP contribution in [-0.2, 0) is 0 Å². The van der Waals surface area contributed by atoms with Crippen molar-refractivity contribution in [2.45, 2.75) is 5.92 Å². The number of nitrogens with one attached hydrogen (secondary N) is 1. The minimum Gasteiger partial charge on any atom is -0.497 e. The van der Waals surface area contributed by atoms with Crippen molar-refractivity contribution in [3.8, 4) is 17.4 Å². The molecule has 1 aliphatic heterocycles. The Morgan fingerprint density at radius 3 is 2.49 bits per heavy atom. The lowest BCUT2D eigenvalue weighted by Crippen LogP contribution is -2.20. The van der Waals surface area contributed by atoms with Gasteiger partial charge in [-0.3, -0.25) is 0 Å². The van der Waals surface area contributed by atoms with Gasteiger partial charge in [-0.1, -0.05) is 30.3 Å². The quantitative estimate of drug-likeness (QED) is 0.330. The zero-order valence-electron chi connectivity index (χ0n) is 18.5. The van der Waals surface area contributed by atoms with E-state index in [4.69, 9.17) is 13.9 Å². The second-order valence-corrected chi connectivity index (χ2v) is 8.01. The van der Waals surface area contributed by atoms with E-state index >= 15 is 0 Å².